The summed E-state index contributed by atoms with van der Waals surface area (Å²) in [6.07, 6.45) is 7.65. The molecule has 0 aromatic heterocycles. The molecule has 0 atom stereocenters. The summed E-state index contributed by atoms with van der Waals surface area (Å²) in [5, 5.41) is 0. The zero-order valence-corrected chi connectivity index (χ0v) is 21.7. The van der Waals surface area contributed by atoms with Crippen molar-refractivity contribution in [1.82, 2.24) is 14.7 Å². The summed E-state index contributed by atoms with van der Waals surface area (Å²) >= 11 is 15.4. The number of hydrogen-bond acceptors (Lipinski definition) is 6. The van der Waals surface area contributed by atoms with Crippen LogP contribution in [0.3, 0.4) is 0 Å². The van der Waals surface area contributed by atoms with Crippen LogP contribution in [0.1, 0.15) is 38.5 Å². The maximum atomic E-state index is 5.76. The van der Waals surface area contributed by atoms with E-state index in [1.807, 2.05) is 29.1 Å². The van der Waals surface area contributed by atoms with Gasteiger partial charge in [-0.25, -0.2) is 0 Å². The fourth-order valence-corrected chi connectivity index (χ4v) is 33.2. The van der Waals surface area contributed by atoms with Crippen LogP contribution < -0.4 is 0 Å². The number of rotatable bonds is 3. The number of likely N-dealkylation sites (tertiary alicyclic amines) is 3. The van der Waals surface area contributed by atoms with Crippen molar-refractivity contribution in [3.05, 3.63) is 0 Å². The second kappa shape index (κ2) is 10.8. The van der Waals surface area contributed by atoms with Crippen LogP contribution in [0.2, 0.25) is 0 Å². The molecule has 3 heterocycles. The Morgan fingerprint density at radius 1 is 0.520 bits per heavy atom. The van der Waals surface area contributed by atoms with Gasteiger partial charge in [0, 0.05) is 0 Å². The Morgan fingerprint density at radius 2 is 0.760 bits per heavy atom. The summed E-state index contributed by atoms with van der Waals surface area (Å²) in [6, 6.07) is 0. The molecule has 10 heteroatoms. The quantitative estimate of drug-likeness (QED) is 0.404. The molecule has 138 valence electrons. The van der Waals surface area contributed by atoms with E-state index < -0.39 is 12.5 Å². The molecule has 3 saturated heterocycles. The molecule has 0 spiro atoms. The molecular weight excluding hydrogens is 484 g/mol. The molecule has 0 aromatic rings. The summed E-state index contributed by atoms with van der Waals surface area (Å²) in [6.45, 7) is 6.77. The van der Waals surface area contributed by atoms with Crippen LogP contribution in [0.15, 0.2) is 0 Å². The average Bonchev–Trinajstić information content (AvgIpc) is 3.38. The van der Waals surface area contributed by atoms with Crippen LogP contribution in [-0.4, -0.2) is 79.5 Å². The predicted octanol–water partition coefficient (Wildman–Crippen LogP) is 4.31. The second-order valence-electron chi connectivity index (χ2n) is 6.52. The van der Waals surface area contributed by atoms with E-state index in [2.05, 4.69) is 14.7 Å². The van der Waals surface area contributed by atoms with Crippen LogP contribution in [0, 0.1) is 0 Å². The molecule has 3 aliphatic heterocycles. The zero-order valence-electron chi connectivity index (χ0n) is 14.4. The summed E-state index contributed by atoms with van der Waals surface area (Å²) in [5.74, 6) is 0. The molecule has 0 saturated carbocycles. The van der Waals surface area contributed by atoms with Crippen molar-refractivity contribution in [2.75, 3.05) is 39.3 Å². The van der Waals surface area contributed by atoms with Gasteiger partial charge in [-0.05, 0) is 0 Å². The minimum absolute atomic E-state index is 1.09. The van der Waals surface area contributed by atoms with Gasteiger partial charge in [-0.15, -0.1) is 0 Å². The Labute approximate surface area is 182 Å². The van der Waals surface area contributed by atoms with E-state index in [9.17, 15) is 0 Å². The fourth-order valence-electron chi connectivity index (χ4n) is 3.24. The van der Waals surface area contributed by atoms with Gasteiger partial charge in [0.05, 0.1) is 0 Å². The standard InChI is InChI=1S/3C5H9NS2.Ga/c3*7-5(8)6-3-1-2-4-6;/h3*1-4H2,(H,7,8);/q;;;+3/p-3. The van der Waals surface area contributed by atoms with Crippen molar-refractivity contribution in [1.29, 1.82) is 0 Å². The van der Waals surface area contributed by atoms with Gasteiger partial charge in [0.1, 0.15) is 0 Å². The molecule has 25 heavy (non-hydrogen) atoms. The van der Waals surface area contributed by atoms with Gasteiger partial charge in [0.2, 0.25) is 0 Å². The number of thiocarbonyl (C=S) groups is 3. The molecule has 0 aromatic carbocycles. The van der Waals surface area contributed by atoms with E-state index in [0.29, 0.717) is 0 Å². The summed E-state index contributed by atoms with van der Waals surface area (Å²) in [5.41, 5.74) is 0. The third-order valence-corrected chi connectivity index (χ3v) is 28.4. The first-order chi connectivity index (χ1) is 12.1. The maximum absolute atomic E-state index is 5.76. The summed E-state index contributed by atoms with van der Waals surface area (Å²) in [4.78, 5) is 7.16. The van der Waals surface area contributed by atoms with Crippen molar-refractivity contribution in [3.8, 4) is 0 Å². The molecule has 0 amide bonds. The first kappa shape index (κ1) is 21.1. The molecule has 3 rings (SSSR count). The van der Waals surface area contributed by atoms with Gasteiger partial charge in [0.15, 0.2) is 0 Å². The van der Waals surface area contributed by atoms with E-state index >= 15 is 0 Å². The molecule has 0 unspecified atom stereocenters. The van der Waals surface area contributed by atoms with Crippen LogP contribution in [0.25, 0.3) is 0 Å². The van der Waals surface area contributed by atoms with Gasteiger partial charge in [0.25, 0.3) is 0 Å². The van der Waals surface area contributed by atoms with E-state index in [0.717, 1.165) is 52.2 Å². The monoisotopic (exact) mass is 507 g/mol. The molecule has 3 fully saturated rings. The van der Waals surface area contributed by atoms with E-state index in [1.54, 1.807) is 0 Å². The summed E-state index contributed by atoms with van der Waals surface area (Å²) < 4.78 is 3.28. The van der Waals surface area contributed by atoms with Gasteiger partial charge in [-0.2, -0.15) is 0 Å². The van der Waals surface area contributed by atoms with E-state index in [-0.39, 0.29) is 0 Å². The van der Waals surface area contributed by atoms with E-state index in [4.69, 9.17) is 36.7 Å². The third kappa shape index (κ3) is 6.44. The first-order valence-corrected chi connectivity index (χ1v) is 21.8. The van der Waals surface area contributed by atoms with Crippen LogP contribution >= 0.6 is 65.7 Å². The van der Waals surface area contributed by atoms with Crippen molar-refractivity contribution < 1.29 is 0 Å². The SMILES string of the molecule is S=C([S][Ga]([S]C(=S)N1CCCC1)[S]C(=S)N1CCCC1)N1CCCC1. The van der Waals surface area contributed by atoms with E-state index in [1.165, 1.54) is 38.5 Å². The Hall–Kier alpha value is 1.36. The molecule has 0 N–H and O–H groups in total. The Bertz CT molecular complexity index is 430. The van der Waals surface area contributed by atoms with Crippen molar-refractivity contribution in [2.24, 2.45) is 0 Å². The minimum atomic E-state index is -1.93. The second-order valence-corrected chi connectivity index (χ2v) is 28.0. The van der Waals surface area contributed by atoms with Crippen LogP contribution in [-0.2, 0) is 0 Å². The van der Waals surface area contributed by atoms with Crippen molar-refractivity contribution >= 4 is 91.2 Å². The van der Waals surface area contributed by atoms with Crippen molar-refractivity contribution in [2.45, 2.75) is 38.5 Å². The molecule has 0 bridgehead atoms. The number of hydrogen-bond donors (Lipinski definition) is 0. The van der Waals surface area contributed by atoms with Crippen LogP contribution in [0.4, 0.5) is 0 Å². The molecule has 0 radical (unpaired) electrons. The topological polar surface area (TPSA) is 9.72 Å². The zero-order chi connectivity index (χ0) is 17.6. The molecule has 3 nitrogen and oxygen atoms in total. The van der Waals surface area contributed by atoms with Crippen molar-refractivity contribution in [3.63, 3.8) is 0 Å². The Balaban J connectivity index is 1.58. The normalized spacial score (nSPS) is 20.4. The first-order valence-electron chi connectivity index (χ1n) is 9.00. The van der Waals surface area contributed by atoms with Gasteiger partial charge in [-0.3, -0.25) is 0 Å². The summed E-state index contributed by atoms with van der Waals surface area (Å²) in [7, 11) is 5.88. The van der Waals surface area contributed by atoms with Gasteiger partial charge in [-0.1, -0.05) is 0 Å². The van der Waals surface area contributed by atoms with Gasteiger partial charge < -0.3 is 0 Å². The predicted molar refractivity (Wildman–Crippen MR) is 129 cm³/mol. The average molecular weight is 509 g/mol. The molecule has 0 aliphatic carbocycles. The van der Waals surface area contributed by atoms with Gasteiger partial charge >= 0.3 is 184 Å². The fraction of sp³-hybridized carbons (Fsp3) is 0.800. The van der Waals surface area contributed by atoms with Crippen LogP contribution in [0.5, 0.6) is 0 Å². The number of nitrogens with zero attached hydrogens (tertiary/aromatic N) is 3. The third-order valence-electron chi connectivity index (χ3n) is 4.68. The molecular formula is C15H24GaN3S6. The Morgan fingerprint density at radius 3 is 1.00 bits per heavy atom. The Kier molecular flexibility index (Phi) is 9.09. The molecule has 3 aliphatic rings.